The standard InChI is InChI=1S/C15H12Cl2O3/c16-13-5-2-6-14(17)12(13)9-20-11-4-1-3-10(7-11)8-15(18)19/h1-7H,8-9H2,(H,18,19). The van der Waals surface area contributed by atoms with E-state index in [9.17, 15) is 4.79 Å². The van der Waals surface area contributed by atoms with E-state index < -0.39 is 5.97 Å². The summed E-state index contributed by atoms with van der Waals surface area (Å²) in [7, 11) is 0. The molecule has 0 aliphatic carbocycles. The van der Waals surface area contributed by atoms with Crippen LogP contribution in [0.1, 0.15) is 11.1 Å². The summed E-state index contributed by atoms with van der Waals surface area (Å²) in [6, 6.07) is 12.2. The number of halogens is 2. The second-order valence-electron chi connectivity index (χ2n) is 4.21. The number of carboxylic acid groups (broad SMARTS) is 1. The number of ether oxygens (including phenoxy) is 1. The molecular weight excluding hydrogens is 299 g/mol. The van der Waals surface area contributed by atoms with Gasteiger partial charge in [0, 0.05) is 15.6 Å². The molecule has 2 rings (SSSR count). The van der Waals surface area contributed by atoms with Crippen molar-refractivity contribution in [1.29, 1.82) is 0 Å². The monoisotopic (exact) mass is 310 g/mol. The first-order valence-electron chi connectivity index (χ1n) is 5.92. The molecule has 0 radical (unpaired) electrons. The molecule has 0 fully saturated rings. The molecule has 5 heteroatoms. The molecule has 0 bridgehead atoms. The van der Waals surface area contributed by atoms with Crippen LogP contribution < -0.4 is 4.74 Å². The molecule has 104 valence electrons. The SMILES string of the molecule is O=C(O)Cc1cccc(OCc2c(Cl)cccc2Cl)c1. The first-order valence-corrected chi connectivity index (χ1v) is 6.68. The van der Waals surface area contributed by atoms with Crippen molar-refractivity contribution in [3.05, 3.63) is 63.6 Å². The van der Waals surface area contributed by atoms with E-state index >= 15 is 0 Å². The zero-order valence-electron chi connectivity index (χ0n) is 10.5. The molecule has 0 unspecified atom stereocenters. The van der Waals surface area contributed by atoms with Crippen LogP contribution in [0.5, 0.6) is 5.75 Å². The number of rotatable bonds is 5. The molecule has 0 spiro atoms. The van der Waals surface area contributed by atoms with Gasteiger partial charge < -0.3 is 9.84 Å². The highest BCUT2D eigenvalue weighted by Gasteiger charge is 2.07. The molecule has 0 heterocycles. The summed E-state index contributed by atoms with van der Waals surface area (Å²) in [4.78, 5) is 10.7. The summed E-state index contributed by atoms with van der Waals surface area (Å²) in [5.74, 6) is -0.295. The van der Waals surface area contributed by atoms with E-state index in [1.807, 2.05) is 0 Å². The molecule has 0 atom stereocenters. The fraction of sp³-hybridized carbons (Fsp3) is 0.133. The van der Waals surface area contributed by atoms with E-state index in [0.717, 1.165) is 0 Å². The zero-order chi connectivity index (χ0) is 14.5. The van der Waals surface area contributed by atoms with Gasteiger partial charge in [0.05, 0.1) is 6.42 Å². The van der Waals surface area contributed by atoms with Crippen LogP contribution in [-0.4, -0.2) is 11.1 Å². The van der Waals surface area contributed by atoms with E-state index in [1.165, 1.54) is 0 Å². The Balaban J connectivity index is 2.09. The molecule has 2 aromatic rings. The topological polar surface area (TPSA) is 46.5 Å². The normalized spacial score (nSPS) is 10.3. The lowest BCUT2D eigenvalue weighted by molar-refractivity contribution is -0.136. The van der Waals surface area contributed by atoms with Crippen molar-refractivity contribution in [3.63, 3.8) is 0 Å². The number of carbonyl (C=O) groups is 1. The summed E-state index contributed by atoms with van der Waals surface area (Å²) in [5.41, 5.74) is 1.39. The van der Waals surface area contributed by atoms with Crippen LogP contribution in [0.3, 0.4) is 0 Å². The van der Waals surface area contributed by atoms with Crippen LogP contribution in [0.25, 0.3) is 0 Å². The Labute approximate surface area is 126 Å². The molecule has 20 heavy (non-hydrogen) atoms. The smallest absolute Gasteiger partial charge is 0.307 e. The summed E-state index contributed by atoms with van der Waals surface area (Å²) >= 11 is 12.1. The van der Waals surface area contributed by atoms with Crippen LogP contribution in [0.4, 0.5) is 0 Å². The van der Waals surface area contributed by atoms with Gasteiger partial charge in [-0.15, -0.1) is 0 Å². The maximum atomic E-state index is 10.7. The van der Waals surface area contributed by atoms with E-state index in [2.05, 4.69) is 0 Å². The Hall–Kier alpha value is -1.71. The average Bonchev–Trinajstić information content (AvgIpc) is 2.38. The Morgan fingerprint density at radius 1 is 1.10 bits per heavy atom. The Morgan fingerprint density at radius 3 is 2.40 bits per heavy atom. The minimum absolute atomic E-state index is 0.0376. The van der Waals surface area contributed by atoms with Crippen LogP contribution in [0.2, 0.25) is 10.0 Å². The van der Waals surface area contributed by atoms with Gasteiger partial charge in [0.2, 0.25) is 0 Å². The second kappa shape index (κ2) is 6.64. The maximum absolute atomic E-state index is 10.7. The van der Waals surface area contributed by atoms with Crippen LogP contribution in [0.15, 0.2) is 42.5 Å². The van der Waals surface area contributed by atoms with Crippen LogP contribution in [0, 0.1) is 0 Å². The lowest BCUT2D eigenvalue weighted by atomic mass is 10.1. The largest absolute Gasteiger partial charge is 0.489 e. The van der Waals surface area contributed by atoms with Crippen molar-refractivity contribution in [2.75, 3.05) is 0 Å². The van der Waals surface area contributed by atoms with Gasteiger partial charge in [-0.1, -0.05) is 41.4 Å². The molecule has 1 N–H and O–H groups in total. The number of aliphatic carboxylic acids is 1. The van der Waals surface area contributed by atoms with Gasteiger partial charge in [0.15, 0.2) is 0 Å². The van der Waals surface area contributed by atoms with Crippen molar-refractivity contribution < 1.29 is 14.6 Å². The fourth-order valence-electron chi connectivity index (χ4n) is 1.75. The van der Waals surface area contributed by atoms with E-state index in [0.29, 0.717) is 26.9 Å². The molecule has 0 amide bonds. The Kier molecular flexibility index (Phi) is 4.88. The molecule has 0 saturated heterocycles. The molecule has 2 aromatic carbocycles. The molecule has 0 aliphatic heterocycles. The number of hydrogen-bond acceptors (Lipinski definition) is 2. The van der Waals surface area contributed by atoms with Gasteiger partial charge in [0.1, 0.15) is 12.4 Å². The molecule has 3 nitrogen and oxygen atoms in total. The highest BCUT2D eigenvalue weighted by Crippen LogP contribution is 2.26. The molecule has 0 aromatic heterocycles. The summed E-state index contributed by atoms with van der Waals surface area (Å²) in [6.45, 7) is 0.231. The zero-order valence-corrected chi connectivity index (χ0v) is 12.0. The number of benzene rings is 2. The predicted molar refractivity (Wildman–Crippen MR) is 78.6 cm³/mol. The third-order valence-corrected chi connectivity index (χ3v) is 3.41. The van der Waals surface area contributed by atoms with Crippen molar-refractivity contribution in [2.45, 2.75) is 13.0 Å². The van der Waals surface area contributed by atoms with Crippen LogP contribution >= 0.6 is 23.2 Å². The number of hydrogen-bond donors (Lipinski definition) is 1. The first kappa shape index (κ1) is 14.7. The quantitative estimate of drug-likeness (QED) is 0.900. The minimum Gasteiger partial charge on any atom is -0.489 e. The summed E-state index contributed by atoms with van der Waals surface area (Å²) in [6.07, 6.45) is -0.0376. The Morgan fingerprint density at radius 2 is 1.75 bits per heavy atom. The first-order chi connectivity index (χ1) is 9.56. The van der Waals surface area contributed by atoms with E-state index in [-0.39, 0.29) is 13.0 Å². The summed E-state index contributed by atoms with van der Waals surface area (Å²) < 4.78 is 5.61. The van der Waals surface area contributed by atoms with Crippen molar-refractivity contribution in [1.82, 2.24) is 0 Å². The maximum Gasteiger partial charge on any atom is 0.307 e. The van der Waals surface area contributed by atoms with Gasteiger partial charge in [-0.05, 0) is 29.8 Å². The van der Waals surface area contributed by atoms with Gasteiger partial charge in [-0.3, -0.25) is 4.79 Å². The van der Waals surface area contributed by atoms with Gasteiger partial charge in [0.25, 0.3) is 0 Å². The van der Waals surface area contributed by atoms with Gasteiger partial charge in [-0.25, -0.2) is 0 Å². The second-order valence-corrected chi connectivity index (χ2v) is 5.02. The highest BCUT2D eigenvalue weighted by atomic mass is 35.5. The Bertz CT molecular complexity index is 606. The van der Waals surface area contributed by atoms with Crippen molar-refractivity contribution >= 4 is 29.2 Å². The summed E-state index contributed by atoms with van der Waals surface area (Å²) in [5, 5.41) is 9.84. The van der Waals surface area contributed by atoms with Gasteiger partial charge in [-0.2, -0.15) is 0 Å². The van der Waals surface area contributed by atoms with Gasteiger partial charge >= 0.3 is 5.97 Å². The van der Waals surface area contributed by atoms with E-state index in [1.54, 1.807) is 42.5 Å². The van der Waals surface area contributed by atoms with Crippen molar-refractivity contribution in [2.24, 2.45) is 0 Å². The fourth-order valence-corrected chi connectivity index (χ4v) is 2.25. The lowest BCUT2D eigenvalue weighted by Gasteiger charge is -2.10. The third kappa shape index (κ3) is 3.89. The van der Waals surface area contributed by atoms with Crippen molar-refractivity contribution in [3.8, 4) is 5.75 Å². The molecule has 0 saturated carbocycles. The molecular formula is C15H12Cl2O3. The lowest BCUT2D eigenvalue weighted by Crippen LogP contribution is -2.01. The third-order valence-electron chi connectivity index (χ3n) is 2.70. The minimum atomic E-state index is -0.878. The van der Waals surface area contributed by atoms with Crippen LogP contribution in [-0.2, 0) is 17.8 Å². The van der Waals surface area contributed by atoms with E-state index in [4.69, 9.17) is 33.0 Å². The average molecular weight is 311 g/mol. The predicted octanol–water partition coefficient (Wildman–Crippen LogP) is 4.20. The number of carboxylic acids is 1. The molecule has 0 aliphatic rings. The highest BCUT2D eigenvalue weighted by molar-refractivity contribution is 6.35.